The van der Waals surface area contributed by atoms with Gasteiger partial charge in [0.05, 0.1) is 0 Å². The van der Waals surface area contributed by atoms with Gasteiger partial charge < -0.3 is 0 Å². The Balaban J connectivity index is 1.86. The lowest BCUT2D eigenvalue weighted by Gasteiger charge is -2.27. The number of rotatable bonds is 4. The molecule has 1 saturated carbocycles. The third-order valence-corrected chi connectivity index (χ3v) is 4.48. The van der Waals surface area contributed by atoms with Gasteiger partial charge >= 0.3 is 0 Å². The summed E-state index contributed by atoms with van der Waals surface area (Å²) in [6, 6.07) is 15.6. The zero-order valence-electron chi connectivity index (χ0n) is 11.3. The van der Waals surface area contributed by atoms with Crippen molar-refractivity contribution >= 4 is 17.4 Å². The Labute approximate surface area is 124 Å². The van der Waals surface area contributed by atoms with Crippen LogP contribution in [0.15, 0.2) is 48.5 Å². The van der Waals surface area contributed by atoms with Gasteiger partial charge in [-0.2, -0.15) is 0 Å². The van der Waals surface area contributed by atoms with Crippen molar-refractivity contribution in [2.24, 2.45) is 0 Å². The summed E-state index contributed by atoms with van der Waals surface area (Å²) in [5.74, 6) is 0.738. The average Bonchev–Trinajstić information content (AvgIpc) is 2.40. The van der Waals surface area contributed by atoms with Crippen LogP contribution in [0.25, 0.3) is 0 Å². The first-order chi connectivity index (χ1) is 9.75. The molecule has 1 aliphatic carbocycles. The van der Waals surface area contributed by atoms with Crippen LogP contribution in [0.4, 0.5) is 0 Å². The van der Waals surface area contributed by atoms with Gasteiger partial charge in [0.1, 0.15) is 0 Å². The van der Waals surface area contributed by atoms with Gasteiger partial charge in [0.25, 0.3) is 0 Å². The molecule has 2 aromatic rings. The predicted molar refractivity (Wildman–Crippen MR) is 82.5 cm³/mol. The Morgan fingerprint density at radius 1 is 1.05 bits per heavy atom. The molecule has 0 unspecified atom stereocenters. The molecule has 3 rings (SSSR count). The van der Waals surface area contributed by atoms with Gasteiger partial charge in [-0.3, -0.25) is 4.79 Å². The van der Waals surface area contributed by atoms with Crippen molar-refractivity contribution in [1.29, 1.82) is 0 Å². The molecular formula is C18H17ClO. The van der Waals surface area contributed by atoms with Crippen molar-refractivity contribution in [2.75, 3.05) is 0 Å². The number of benzene rings is 2. The average molecular weight is 285 g/mol. The molecular weight excluding hydrogens is 268 g/mol. The molecule has 0 aliphatic heterocycles. The highest BCUT2D eigenvalue weighted by molar-refractivity contribution is 6.31. The Morgan fingerprint density at radius 3 is 2.45 bits per heavy atom. The lowest BCUT2D eigenvalue weighted by molar-refractivity contribution is 0.0991. The van der Waals surface area contributed by atoms with E-state index in [4.69, 9.17) is 11.6 Å². The lowest BCUT2D eigenvalue weighted by atomic mass is 9.77. The largest absolute Gasteiger partial charge is 0.294 e. The van der Waals surface area contributed by atoms with E-state index in [0.29, 0.717) is 17.4 Å². The summed E-state index contributed by atoms with van der Waals surface area (Å²) < 4.78 is 0. The van der Waals surface area contributed by atoms with Crippen LogP contribution in [-0.4, -0.2) is 5.78 Å². The molecule has 1 aliphatic rings. The summed E-state index contributed by atoms with van der Waals surface area (Å²) in [5.41, 5.74) is 3.00. The van der Waals surface area contributed by atoms with Crippen LogP contribution < -0.4 is 0 Å². The molecule has 0 N–H and O–H groups in total. The van der Waals surface area contributed by atoms with E-state index in [0.717, 1.165) is 11.1 Å². The quantitative estimate of drug-likeness (QED) is 0.720. The highest BCUT2D eigenvalue weighted by atomic mass is 35.5. The van der Waals surface area contributed by atoms with Crippen LogP contribution in [0.2, 0.25) is 5.02 Å². The van der Waals surface area contributed by atoms with Gasteiger partial charge in [0, 0.05) is 17.0 Å². The highest BCUT2D eigenvalue weighted by Gasteiger charge is 2.24. The van der Waals surface area contributed by atoms with Gasteiger partial charge in [-0.05, 0) is 36.0 Å². The van der Waals surface area contributed by atoms with E-state index < -0.39 is 0 Å². The van der Waals surface area contributed by atoms with Crippen molar-refractivity contribution in [1.82, 2.24) is 0 Å². The lowest BCUT2D eigenvalue weighted by Crippen LogP contribution is -2.15. The smallest absolute Gasteiger partial charge is 0.167 e. The number of hydrogen-bond acceptors (Lipinski definition) is 1. The fourth-order valence-corrected chi connectivity index (χ4v) is 2.94. The molecule has 102 valence electrons. The Bertz CT molecular complexity index is 629. The minimum Gasteiger partial charge on any atom is -0.294 e. The molecule has 0 bridgehead atoms. The molecule has 0 atom stereocenters. The van der Waals surface area contributed by atoms with Crippen molar-refractivity contribution in [3.05, 3.63) is 70.2 Å². The number of ketones is 1. The predicted octanol–water partition coefficient (Wildman–Crippen LogP) is 5.03. The number of carbonyl (C=O) groups excluding carboxylic acids is 1. The van der Waals surface area contributed by atoms with Gasteiger partial charge in [-0.15, -0.1) is 0 Å². The maximum Gasteiger partial charge on any atom is 0.167 e. The SMILES string of the molecule is O=C(Cc1ccccc1Cl)c1ccccc1C1CCC1. The third-order valence-electron chi connectivity index (χ3n) is 4.12. The summed E-state index contributed by atoms with van der Waals surface area (Å²) in [5, 5.41) is 0.668. The van der Waals surface area contributed by atoms with E-state index in [-0.39, 0.29) is 5.78 Å². The topological polar surface area (TPSA) is 17.1 Å². The third kappa shape index (κ3) is 2.64. The number of hydrogen-bond donors (Lipinski definition) is 0. The standard InChI is InChI=1S/C18H17ClO/c19-17-11-4-1-6-14(17)12-18(20)16-10-3-2-9-15(16)13-7-5-8-13/h1-4,6,9-11,13H,5,7-8,12H2. The Hall–Kier alpha value is -1.60. The highest BCUT2D eigenvalue weighted by Crippen LogP contribution is 2.38. The maximum absolute atomic E-state index is 12.6. The monoisotopic (exact) mass is 284 g/mol. The molecule has 1 fully saturated rings. The molecule has 2 aromatic carbocycles. The molecule has 0 aromatic heterocycles. The van der Waals surface area contributed by atoms with Gasteiger partial charge in [0.2, 0.25) is 0 Å². The molecule has 0 amide bonds. The van der Waals surface area contributed by atoms with Crippen molar-refractivity contribution in [2.45, 2.75) is 31.6 Å². The van der Waals surface area contributed by atoms with E-state index in [2.05, 4.69) is 6.07 Å². The Morgan fingerprint density at radius 2 is 1.75 bits per heavy atom. The zero-order valence-corrected chi connectivity index (χ0v) is 12.1. The molecule has 0 radical (unpaired) electrons. The maximum atomic E-state index is 12.6. The second-order valence-corrected chi connectivity index (χ2v) is 5.81. The fraction of sp³-hybridized carbons (Fsp3) is 0.278. The fourth-order valence-electron chi connectivity index (χ4n) is 2.74. The summed E-state index contributed by atoms with van der Waals surface area (Å²) in [7, 11) is 0. The molecule has 0 saturated heterocycles. The van der Waals surface area contributed by atoms with Crippen LogP contribution >= 0.6 is 11.6 Å². The summed E-state index contributed by atoms with van der Waals surface area (Å²) >= 11 is 6.14. The molecule has 20 heavy (non-hydrogen) atoms. The molecule has 2 heteroatoms. The normalized spacial score (nSPS) is 14.8. The van der Waals surface area contributed by atoms with Crippen LogP contribution in [-0.2, 0) is 6.42 Å². The van der Waals surface area contributed by atoms with Crippen molar-refractivity contribution in [3.8, 4) is 0 Å². The molecule has 0 heterocycles. The first-order valence-electron chi connectivity index (χ1n) is 7.11. The first-order valence-corrected chi connectivity index (χ1v) is 7.49. The minimum absolute atomic E-state index is 0.167. The zero-order chi connectivity index (χ0) is 13.9. The number of halogens is 1. The van der Waals surface area contributed by atoms with Crippen molar-refractivity contribution < 1.29 is 4.79 Å². The summed E-state index contributed by atoms with van der Waals surface area (Å²) in [6.45, 7) is 0. The van der Waals surface area contributed by atoms with Crippen molar-refractivity contribution in [3.63, 3.8) is 0 Å². The summed E-state index contributed by atoms with van der Waals surface area (Å²) in [4.78, 5) is 12.6. The van der Waals surface area contributed by atoms with Crippen LogP contribution in [0.1, 0.15) is 46.7 Å². The number of carbonyl (C=O) groups is 1. The first kappa shape index (κ1) is 13.4. The number of Topliss-reactive ketones (excluding diaryl/α,β-unsaturated/α-hetero) is 1. The van der Waals surface area contributed by atoms with Gasteiger partial charge in [-0.1, -0.05) is 60.5 Å². The van der Waals surface area contributed by atoms with Gasteiger partial charge in [0.15, 0.2) is 5.78 Å². The van der Waals surface area contributed by atoms with Crippen LogP contribution in [0, 0.1) is 0 Å². The van der Waals surface area contributed by atoms with E-state index in [1.165, 1.54) is 24.8 Å². The molecule has 1 nitrogen and oxygen atoms in total. The van der Waals surface area contributed by atoms with Crippen LogP contribution in [0.5, 0.6) is 0 Å². The van der Waals surface area contributed by atoms with E-state index in [1.54, 1.807) is 0 Å². The molecule has 0 spiro atoms. The van der Waals surface area contributed by atoms with E-state index in [9.17, 15) is 4.79 Å². The van der Waals surface area contributed by atoms with Crippen LogP contribution in [0.3, 0.4) is 0 Å². The van der Waals surface area contributed by atoms with Gasteiger partial charge in [-0.25, -0.2) is 0 Å². The second-order valence-electron chi connectivity index (χ2n) is 5.41. The van der Waals surface area contributed by atoms with E-state index >= 15 is 0 Å². The minimum atomic E-state index is 0.167. The van der Waals surface area contributed by atoms with E-state index in [1.807, 2.05) is 42.5 Å². The Kier molecular flexibility index (Phi) is 3.88. The summed E-state index contributed by atoms with van der Waals surface area (Å²) in [6.07, 6.45) is 4.06. The second kappa shape index (κ2) is 5.80.